The number of benzene rings is 3. The van der Waals surface area contributed by atoms with Crippen molar-refractivity contribution in [3.05, 3.63) is 99.8 Å². The Morgan fingerprint density at radius 3 is 2.47 bits per heavy atom. The number of rotatable bonds is 7. The number of fused-ring (bicyclic) bond motifs is 4. The predicted molar refractivity (Wildman–Crippen MR) is 158 cm³/mol. The molecular formula is C33H38N3O2+. The highest BCUT2D eigenvalue weighted by molar-refractivity contribution is 6.03. The molecule has 3 aromatic carbocycles. The number of hydrogen-bond donors (Lipinski definition) is 0. The molecular weight excluding hydrogens is 470 g/mol. The number of nitro groups is 1. The molecule has 2 aliphatic heterocycles. The number of non-ortho nitro benzene ring substituents is 1. The lowest BCUT2D eigenvalue weighted by molar-refractivity contribution is -0.438. The molecule has 0 spiro atoms. The van der Waals surface area contributed by atoms with Crippen LogP contribution in [0.25, 0.3) is 10.8 Å². The molecule has 0 amide bonds. The second-order valence-corrected chi connectivity index (χ2v) is 11.4. The zero-order chi connectivity index (χ0) is 27.2. The van der Waals surface area contributed by atoms with Crippen LogP contribution in [0.15, 0.2) is 78.5 Å². The molecule has 196 valence electrons. The Balaban J connectivity index is 1.58. The van der Waals surface area contributed by atoms with Gasteiger partial charge in [-0.3, -0.25) is 10.1 Å². The number of nitro benzene ring substituents is 1. The molecule has 2 aliphatic rings. The summed E-state index contributed by atoms with van der Waals surface area (Å²) in [5, 5.41) is 14.1. The zero-order valence-electron chi connectivity index (χ0n) is 23.4. The Kier molecular flexibility index (Phi) is 6.50. The minimum atomic E-state index is -0.334. The van der Waals surface area contributed by atoms with Crippen molar-refractivity contribution < 1.29 is 9.50 Å². The number of allylic oxidation sites excluding steroid dienone is 4. The highest BCUT2D eigenvalue weighted by Crippen LogP contribution is 2.50. The molecule has 5 heteroatoms. The van der Waals surface area contributed by atoms with E-state index >= 15 is 0 Å². The largest absolute Gasteiger partial charge is 0.344 e. The summed E-state index contributed by atoms with van der Waals surface area (Å²) >= 11 is 0. The number of anilines is 1. The van der Waals surface area contributed by atoms with Crippen LogP contribution >= 0.6 is 0 Å². The maximum atomic E-state index is 11.5. The summed E-state index contributed by atoms with van der Waals surface area (Å²) in [5.41, 5.74) is 6.91. The Morgan fingerprint density at radius 1 is 1.00 bits per heavy atom. The van der Waals surface area contributed by atoms with Crippen LogP contribution < -0.4 is 4.90 Å². The van der Waals surface area contributed by atoms with Crippen molar-refractivity contribution in [2.24, 2.45) is 0 Å². The van der Waals surface area contributed by atoms with E-state index in [0.29, 0.717) is 0 Å². The van der Waals surface area contributed by atoms with Crippen molar-refractivity contribution in [2.45, 2.75) is 65.2 Å². The molecule has 38 heavy (non-hydrogen) atoms. The Morgan fingerprint density at radius 2 is 1.76 bits per heavy atom. The second-order valence-electron chi connectivity index (χ2n) is 11.4. The van der Waals surface area contributed by atoms with E-state index in [1.165, 1.54) is 33.4 Å². The second kappa shape index (κ2) is 9.54. The fraction of sp³-hybridized carbons (Fsp3) is 0.364. The van der Waals surface area contributed by atoms with Crippen LogP contribution in [0, 0.1) is 10.1 Å². The molecule has 0 bridgehead atoms. The highest BCUT2D eigenvalue weighted by atomic mass is 16.6. The van der Waals surface area contributed by atoms with E-state index in [9.17, 15) is 10.1 Å². The van der Waals surface area contributed by atoms with E-state index in [-0.39, 0.29) is 21.4 Å². The van der Waals surface area contributed by atoms with Crippen molar-refractivity contribution in [2.75, 3.05) is 18.0 Å². The average Bonchev–Trinajstić information content (AvgIpc) is 3.25. The Hall–Kier alpha value is -3.73. The first-order valence-corrected chi connectivity index (χ1v) is 13.7. The minimum Gasteiger partial charge on any atom is -0.344 e. The molecule has 3 aromatic rings. The minimum absolute atomic E-state index is 0.141. The monoisotopic (exact) mass is 508 g/mol. The molecule has 5 nitrogen and oxygen atoms in total. The lowest BCUT2D eigenvalue weighted by Gasteiger charge is -2.26. The van der Waals surface area contributed by atoms with Crippen molar-refractivity contribution in [1.82, 2.24) is 0 Å². The van der Waals surface area contributed by atoms with Crippen LogP contribution in [0.1, 0.15) is 65.5 Å². The van der Waals surface area contributed by atoms with Gasteiger partial charge >= 0.3 is 0 Å². The van der Waals surface area contributed by atoms with Gasteiger partial charge in [0.2, 0.25) is 5.69 Å². The molecule has 0 unspecified atom stereocenters. The third kappa shape index (κ3) is 3.96. The molecule has 0 saturated carbocycles. The van der Waals surface area contributed by atoms with Gasteiger partial charge in [0.15, 0.2) is 5.71 Å². The van der Waals surface area contributed by atoms with Gasteiger partial charge in [0.1, 0.15) is 6.54 Å². The molecule has 5 rings (SSSR count). The SMILES string of the molecule is CCCC[N+]1=C(/C=C/C=C2\N(CC)c3ccc4ccccc4c3C2(C)C)C(C)(C)c2cc([N+](=O)[O-])ccc21. The standard InChI is InChI=1S/C33H38N3O2/c1-7-9-21-35-27-20-18-24(36(37)38)22-26(27)32(3,4)29(35)15-12-16-30-33(5,6)31-25-14-11-10-13-23(25)17-19-28(31)34(30)8-2/h10-20,22H,7-9,21H2,1-6H3/q+1. The lowest BCUT2D eigenvalue weighted by Crippen LogP contribution is -2.28. The van der Waals surface area contributed by atoms with E-state index in [1.54, 1.807) is 12.1 Å². The third-order valence-corrected chi connectivity index (χ3v) is 8.40. The summed E-state index contributed by atoms with van der Waals surface area (Å²) < 4.78 is 2.36. The first-order valence-electron chi connectivity index (χ1n) is 13.7. The van der Waals surface area contributed by atoms with E-state index in [4.69, 9.17) is 0 Å². The first-order chi connectivity index (χ1) is 18.1. The Labute approximate surface area is 226 Å². The van der Waals surface area contributed by atoms with E-state index in [2.05, 4.69) is 106 Å². The summed E-state index contributed by atoms with van der Waals surface area (Å²) in [4.78, 5) is 13.7. The number of nitrogens with zero attached hydrogens (tertiary/aromatic N) is 3. The van der Waals surface area contributed by atoms with Gasteiger partial charge in [0.05, 0.1) is 10.3 Å². The molecule has 0 atom stereocenters. The predicted octanol–water partition coefficient (Wildman–Crippen LogP) is 8.18. The summed E-state index contributed by atoms with van der Waals surface area (Å²) in [6.45, 7) is 15.2. The number of hydrogen-bond acceptors (Lipinski definition) is 3. The number of likely N-dealkylation sites (N-methyl/N-ethyl adjacent to an activating group) is 1. The van der Waals surface area contributed by atoms with Gasteiger partial charge in [-0.05, 0) is 49.2 Å². The lowest BCUT2D eigenvalue weighted by atomic mass is 9.80. The van der Waals surface area contributed by atoms with Gasteiger partial charge in [0.25, 0.3) is 5.69 Å². The zero-order valence-corrected chi connectivity index (χ0v) is 23.4. The van der Waals surface area contributed by atoms with Gasteiger partial charge in [-0.15, -0.1) is 0 Å². The summed E-state index contributed by atoms with van der Waals surface area (Å²) in [7, 11) is 0. The molecule has 0 fully saturated rings. The van der Waals surface area contributed by atoms with Crippen molar-refractivity contribution >= 4 is 33.5 Å². The third-order valence-electron chi connectivity index (χ3n) is 8.40. The summed E-state index contributed by atoms with van der Waals surface area (Å²) in [6, 6.07) is 18.5. The van der Waals surface area contributed by atoms with Crippen LogP contribution in [0.4, 0.5) is 17.1 Å². The maximum Gasteiger partial charge on any atom is 0.270 e. The first kappa shape index (κ1) is 25.9. The van der Waals surface area contributed by atoms with Gasteiger partial charge in [-0.1, -0.05) is 63.6 Å². The molecule has 0 radical (unpaired) electrons. The van der Waals surface area contributed by atoms with Crippen molar-refractivity contribution in [1.29, 1.82) is 0 Å². The van der Waals surface area contributed by atoms with E-state index in [0.717, 1.165) is 37.2 Å². The number of unbranched alkanes of at least 4 members (excludes halogenated alkanes) is 1. The fourth-order valence-corrected chi connectivity index (χ4v) is 6.44. The molecule has 0 N–H and O–H groups in total. The van der Waals surface area contributed by atoms with Crippen LogP contribution in [0.2, 0.25) is 0 Å². The van der Waals surface area contributed by atoms with E-state index < -0.39 is 0 Å². The van der Waals surface area contributed by atoms with Crippen LogP contribution in [-0.4, -0.2) is 28.3 Å². The molecule has 2 heterocycles. The van der Waals surface area contributed by atoms with Gasteiger partial charge < -0.3 is 4.90 Å². The van der Waals surface area contributed by atoms with E-state index in [1.807, 2.05) is 6.07 Å². The summed E-state index contributed by atoms with van der Waals surface area (Å²) in [5.74, 6) is 0. The van der Waals surface area contributed by atoms with Crippen LogP contribution in [-0.2, 0) is 10.8 Å². The quantitative estimate of drug-likeness (QED) is 0.184. The normalized spacial score (nSPS) is 18.6. The van der Waals surface area contributed by atoms with Crippen molar-refractivity contribution in [3.63, 3.8) is 0 Å². The topological polar surface area (TPSA) is 49.4 Å². The van der Waals surface area contributed by atoms with Crippen LogP contribution in [0.5, 0.6) is 0 Å². The fourth-order valence-electron chi connectivity index (χ4n) is 6.44. The molecule has 0 saturated heterocycles. The van der Waals surface area contributed by atoms with Crippen LogP contribution in [0.3, 0.4) is 0 Å². The van der Waals surface area contributed by atoms with Gasteiger partial charge in [-0.2, -0.15) is 4.58 Å². The molecule has 0 aliphatic carbocycles. The maximum absolute atomic E-state index is 11.5. The average molecular weight is 509 g/mol. The molecule has 0 aromatic heterocycles. The highest BCUT2D eigenvalue weighted by Gasteiger charge is 2.45. The van der Waals surface area contributed by atoms with Crippen molar-refractivity contribution in [3.8, 4) is 0 Å². The van der Waals surface area contributed by atoms with Gasteiger partial charge in [0, 0.05) is 59.6 Å². The summed E-state index contributed by atoms with van der Waals surface area (Å²) in [6.07, 6.45) is 8.82. The van der Waals surface area contributed by atoms with Gasteiger partial charge in [-0.25, -0.2) is 0 Å². The Bertz CT molecular complexity index is 1520. The smallest absolute Gasteiger partial charge is 0.270 e.